The lowest BCUT2D eigenvalue weighted by Gasteiger charge is -2.28. The van der Waals surface area contributed by atoms with Gasteiger partial charge >= 0.3 is 5.97 Å². The zero-order chi connectivity index (χ0) is 8.06. The van der Waals surface area contributed by atoms with Crippen molar-refractivity contribution in [2.24, 2.45) is 17.3 Å². The van der Waals surface area contributed by atoms with E-state index in [-0.39, 0.29) is 0 Å². The Labute approximate surface area is 66.6 Å². The third-order valence-corrected chi connectivity index (χ3v) is 3.36. The summed E-state index contributed by atoms with van der Waals surface area (Å²) in [6, 6.07) is 0. The Morgan fingerprint density at radius 3 is 2.82 bits per heavy atom. The number of hydrogen-bond donors (Lipinski definition) is 1. The van der Waals surface area contributed by atoms with E-state index < -0.39 is 11.4 Å². The van der Waals surface area contributed by atoms with E-state index in [4.69, 9.17) is 5.11 Å². The second kappa shape index (κ2) is 1.99. The molecule has 2 rings (SSSR count). The summed E-state index contributed by atoms with van der Waals surface area (Å²) in [6.45, 7) is 1.89. The number of carboxylic acids is 1. The van der Waals surface area contributed by atoms with Crippen molar-refractivity contribution < 1.29 is 9.90 Å². The molecule has 2 fully saturated rings. The molecule has 0 saturated heterocycles. The van der Waals surface area contributed by atoms with Gasteiger partial charge in [-0.25, -0.2) is 0 Å². The maximum atomic E-state index is 10.8. The Bertz CT molecular complexity index is 200. The van der Waals surface area contributed by atoms with Crippen LogP contribution in [0.3, 0.4) is 0 Å². The Hall–Kier alpha value is -0.530. The van der Waals surface area contributed by atoms with Gasteiger partial charge in [-0.15, -0.1) is 0 Å². The van der Waals surface area contributed by atoms with Gasteiger partial charge < -0.3 is 5.11 Å². The van der Waals surface area contributed by atoms with Gasteiger partial charge in [-0.1, -0.05) is 0 Å². The van der Waals surface area contributed by atoms with E-state index in [9.17, 15) is 4.79 Å². The summed E-state index contributed by atoms with van der Waals surface area (Å²) in [4.78, 5) is 10.8. The molecule has 0 spiro atoms. The van der Waals surface area contributed by atoms with Crippen molar-refractivity contribution in [3.05, 3.63) is 0 Å². The second-order valence-electron chi connectivity index (χ2n) is 4.36. The summed E-state index contributed by atoms with van der Waals surface area (Å²) in [5.74, 6) is 1.05. The molecule has 0 aromatic heterocycles. The maximum Gasteiger partial charge on any atom is 0.309 e. The van der Waals surface area contributed by atoms with Gasteiger partial charge in [-0.2, -0.15) is 0 Å². The minimum atomic E-state index is -0.595. The molecular weight excluding hydrogens is 140 g/mol. The van der Waals surface area contributed by atoms with E-state index in [0.717, 1.165) is 31.1 Å². The van der Waals surface area contributed by atoms with Gasteiger partial charge in [-0.05, 0) is 44.4 Å². The molecule has 1 N–H and O–H groups in total. The fourth-order valence-corrected chi connectivity index (χ4v) is 2.29. The molecule has 2 saturated carbocycles. The van der Waals surface area contributed by atoms with E-state index in [1.807, 2.05) is 6.92 Å². The summed E-state index contributed by atoms with van der Waals surface area (Å²) in [5.41, 5.74) is -0.391. The first-order valence-electron chi connectivity index (χ1n) is 4.35. The van der Waals surface area contributed by atoms with Gasteiger partial charge in [-0.3, -0.25) is 4.79 Å². The van der Waals surface area contributed by atoms with Crippen LogP contribution >= 0.6 is 0 Å². The van der Waals surface area contributed by atoms with E-state index in [0.29, 0.717) is 0 Å². The normalized spacial score (nSPS) is 48.1. The lowest BCUT2D eigenvalue weighted by atomic mass is 9.76. The fourth-order valence-electron chi connectivity index (χ4n) is 2.29. The molecule has 11 heavy (non-hydrogen) atoms. The van der Waals surface area contributed by atoms with Gasteiger partial charge in [0.1, 0.15) is 0 Å². The maximum absolute atomic E-state index is 10.8. The number of aliphatic carboxylic acids is 1. The molecule has 3 unspecified atom stereocenters. The zero-order valence-electron chi connectivity index (χ0n) is 6.84. The first-order valence-corrected chi connectivity index (χ1v) is 4.35. The molecule has 3 atom stereocenters. The van der Waals surface area contributed by atoms with Crippen LogP contribution in [0.5, 0.6) is 0 Å². The van der Waals surface area contributed by atoms with Crippen molar-refractivity contribution in [2.75, 3.05) is 0 Å². The van der Waals surface area contributed by atoms with Crippen LogP contribution in [-0.2, 0) is 4.79 Å². The number of rotatable bonds is 1. The van der Waals surface area contributed by atoms with Crippen LogP contribution < -0.4 is 0 Å². The van der Waals surface area contributed by atoms with Crippen molar-refractivity contribution in [1.29, 1.82) is 0 Å². The summed E-state index contributed by atoms with van der Waals surface area (Å²) in [7, 11) is 0. The van der Waals surface area contributed by atoms with Crippen LogP contribution in [0.4, 0.5) is 0 Å². The van der Waals surface area contributed by atoms with Gasteiger partial charge in [0.25, 0.3) is 0 Å². The van der Waals surface area contributed by atoms with E-state index in [1.165, 1.54) is 6.42 Å². The van der Waals surface area contributed by atoms with Crippen LogP contribution in [-0.4, -0.2) is 11.1 Å². The van der Waals surface area contributed by atoms with E-state index >= 15 is 0 Å². The smallest absolute Gasteiger partial charge is 0.309 e. The Kier molecular flexibility index (Phi) is 1.29. The molecule has 2 heteroatoms. The molecule has 0 aromatic rings. The largest absolute Gasteiger partial charge is 0.481 e. The first-order chi connectivity index (χ1) is 5.12. The van der Waals surface area contributed by atoms with E-state index in [2.05, 4.69) is 0 Å². The molecule has 2 aliphatic rings. The molecule has 62 valence electrons. The summed E-state index contributed by atoms with van der Waals surface area (Å²) >= 11 is 0. The highest BCUT2D eigenvalue weighted by molar-refractivity contribution is 5.74. The zero-order valence-corrected chi connectivity index (χ0v) is 6.84. The SMILES string of the molecule is CC1(C(=O)O)CCC2CC2C1. The highest BCUT2D eigenvalue weighted by Crippen LogP contribution is 2.55. The summed E-state index contributed by atoms with van der Waals surface area (Å²) in [6.07, 6.45) is 4.26. The lowest BCUT2D eigenvalue weighted by Crippen LogP contribution is -2.30. The van der Waals surface area contributed by atoms with Gasteiger partial charge in [0, 0.05) is 0 Å². The molecule has 0 aliphatic heterocycles. The average molecular weight is 154 g/mol. The number of fused-ring (bicyclic) bond motifs is 1. The topological polar surface area (TPSA) is 37.3 Å². The van der Waals surface area contributed by atoms with Gasteiger partial charge in [0.15, 0.2) is 0 Å². The van der Waals surface area contributed by atoms with Crippen LogP contribution in [0, 0.1) is 17.3 Å². The van der Waals surface area contributed by atoms with Crippen LogP contribution in [0.15, 0.2) is 0 Å². The third kappa shape index (κ3) is 1.05. The van der Waals surface area contributed by atoms with Crippen LogP contribution in [0.2, 0.25) is 0 Å². The van der Waals surface area contributed by atoms with Gasteiger partial charge in [0.2, 0.25) is 0 Å². The van der Waals surface area contributed by atoms with Crippen molar-refractivity contribution in [3.63, 3.8) is 0 Å². The Morgan fingerprint density at radius 1 is 1.55 bits per heavy atom. The van der Waals surface area contributed by atoms with Crippen LogP contribution in [0.25, 0.3) is 0 Å². The number of carbonyl (C=O) groups is 1. The molecule has 2 nitrogen and oxygen atoms in total. The fraction of sp³-hybridized carbons (Fsp3) is 0.889. The lowest BCUT2D eigenvalue weighted by molar-refractivity contribution is -0.149. The van der Waals surface area contributed by atoms with E-state index in [1.54, 1.807) is 0 Å². The quantitative estimate of drug-likeness (QED) is 0.626. The second-order valence-corrected chi connectivity index (χ2v) is 4.36. The minimum Gasteiger partial charge on any atom is -0.481 e. The van der Waals surface area contributed by atoms with Crippen molar-refractivity contribution in [2.45, 2.75) is 32.6 Å². The Balaban J connectivity index is 2.08. The standard InChI is InChI=1S/C9H14O2/c1-9(8(10)11)3-2-6-4-7(6)5-9/h6-7H,2-5H2,1H3,(H,10,11). The highest BCUT2D eigenvalue weighted by Gasteiger charge is 2.49. The van der Waals surface area contributed by atoms with Crippen LogP contribution in [0.1, 0.15) is 32.6 Å². The number of hydrogen-bond acceptors (Lipinski definition) is 1. The van der Waals surface area contributed by atoms with Crippen molar-refractivity contribution in [3.8, 4) is 0 Å². The monoisotopic (exact) mass is 154 g/mol. The first kappa shape index (κ1) is 7.14. The average Bonchev–Trinajstić information content (AvgIpc) is 2.65. The predicted octanol–water partition coefficient (Wildman–Crippen LogP) is 1.90. The van der Waals surface area contributed by atoms with Gasteiger partial charge in [0.05, 0.1) is 5.41 Å². The van der Waals surface area contributed by atoms with Crippen molar-refractivity contribution >= 4 is 5.97 Å². The minimum absolute atomic E-state index is 0.391. The molecule has 0 bridgehead atoms. The molecule has 0 amide bonds. The predicted molar refractivity (Wildman–Crippen MR) is 41.2 cm³/mol. The van der Waals surface area contributed by atoms with Crippen molar-refractivity contribution in [1.82, 2.24) is 0 Å². The number of carboxylic acid groups (broad SMARTS) is 1. The summed E-state index contributed by atoms with van der Waals surface area (Å²) in [5, 5.41) is 8.93. The summed E-state index contributed by atoms with van der Waals surface area (Å²) < 4.78 is 0. The molecule has 2 aliphatic carbocycles. The third-order valence-electron chi connectivity index (χ3n) is 3.36. The molecular formula is C9H14O2. The molecule has 0 radical (unpaired) electrons. The Morgan fingerprint density at radius 2 is 2.27 bits per heavy atom. The molecule has 0 heterocycles. The molecule has 0 aromatic carbocycles. The highest BCUT2D eigenvalue weighted by atomic mass is 16.4.